The first-order chi connectivity index (χ1) is 23.5. The van der Waals surface area contributed by atoms with Gasteiger partial charge in [0.05, 0.1) is 18.8 Å². The van der Waals surface area contributed by atoms with Crippen LogP contribution >= 0.6 is 0 Å². The fourth-order valence-electron chi connectivity index (χ4n) is 7.29. The Morgan fingerprint density at radius 1 is 0.837 bits per heavy atom. The van der Waals surface area contributed by atoms with Crippen molar-refractivity contribution >= 4 is 35.5 Å². The molecule has 13 nitrogen and oxygen atoms in total. The van der Waals surface area contributed by atoms with E-state index in [9.17, 15) is 29.1 Å². The molecule has 2 aromatic carbocycles. The lowest BCUT2D eigenvalue weighted by molar-refractivity contribution is -0.139. The van der Waals surface area contributed by atoms with Crippen LogP contribution in [0.25, 0.3) is 0 Å². The molecule has 3 heterocycles. The fraction of sp³-hybridized carbons (Fsp3) is 0.528. The number of benzene rings is 2. The summed E-state index contributed by atoms with van der Waals surface area (Å²) in [6.07, 6.45) is 2.17. The molecule has 0 saturated carbocycles. The van der Waals surface area contributed by atoms with Gasteiger partial charge in [-0.05, 0) is 49.3 Å². The second-order valence-electron chi connectivity index (χ2n) is 13.7. The van der Waals surface area contributed by atoms with E-state index in [1.54, 1.807) is 16.7 Å². The van der Waals surface area contributed by atoms with Gasteiger partial charge in [-0.15, -0.1) is 0 Å². The van der Waals surface area contributed by atoms with Crippen molar-refractivity contribution in [3.05, 3.63) is 66.2 Å². The number of rotatable bonds is 10. The third-order valence-corrected chi connectivity index (χ3v) is 10.0. The minimum absolute atomic E-state index is 0.0743. The quantitative estimate of drug-likeness (QED) is 0.302. The monoisotopic (exact) mass is 675 g/mol. The number of carbonyl (C=O) groups excluding carboxylic acids is 4. The lowest BCUT2D eigenvalue weighted by Crippen LogP contribution is -2.60. The molecule has 0 aliphatic carbocycles. The molecule has 13 heteroatoms. The molecule has 1 unspecified atom stereocenters. The highest BCUT2D eigenvalue weighted by Crippen LogP contribution is 2.40. The molecule has 2 aromatic rings. The van der Waals surface area contributed by atoms with Gasteiger partial charge in [0.1, 0.15) is 11.6 Å². The number of urea groups is 2. The molecule has 6 amide bonds. The van der Waals surface area contributed by atoms with Crippen LogP contribution in [0, 0.1) is 5.92 Å². The third-order valence-electron chi connectivity index (χ3n) is 10.0. The van der Waals surface area contributed by atoms with Crippen molar-refractivity contribution in [1.29, 1.82) is 0 Å². The Morgan fingerprint density at radius 2 is 1.41 bits per heavy atom. The molecule has 264 valence electrons. The summed E-state index contributed by atoms with van der Waals surface area (Å²) >= 11 is 0. The van der Waals surface area contributed by atoms with Gasteiger partial charge < -0.3 is 40.7 Å². The topological polar surface area (TPSA) is 155 Å². The van der Waals surface area contributed by atoms with Crippen molar-refractivity contribution in [1.82, 2.24) is 30.7 Å². The summed E-state index contributed by atoms with van der Waals surface area (Å²) in [5.74, 6) is -0.956. The van der Waals surface area contributed by atoms with Crippen molar-refractivity contribution in [2.45, 2.75) is 70.0 Å². The molecule has 4 N–H and O–H groups in total. The summed E-state index contributed by atoms with van der Waals surface area (Å²) in [6, 6.07) is 17.2. The standard InChI is InChI=1S/C36H49N7O6/c1-4-30(44)39-35(27-11-7-5-8-12-27)15-19-41(20-16-35)34(49)38-29(31(45)46)23-37-33(48)40-21-17-36(18-22-40)32(47)42(24-26(2)3)25-43(36)28-13-9-6-10-14-28/h5-14,26,29H,4,15-25H2,1-3H3,(H,37,48)(H,38,49)(H,39,44)(H,45,46). The highest BCUT2D eigenvalue weighted by atomic mass is 16.4. The Balaban J connectivity index is 1.16. The van der Waals surface area contributed by atoms with Crippen molar-refractivity contribution in [2.24, 2.45) is 5.92 Å². The molecule has 3 fully saturated rings. The number of nitrogens with zero attached hydrogens (tertiary/aromatic N) is 4. The summed E-state index contributed by atoms with van der Waals surface area (Å²) in [7, 11) is 0. The van der Waals surface area contributed by atoms with Crippen molar-refractivity contribution < 1.29 is 29.1 Å². The van der Waals surface area contributed by atoms with Crippen LogP contribution in [0.5, 0.6) is 0 Å². The number of piperidine rings is 2. The van der Waals surface area contributed by atoms with Crippen LogP contribution in [0.2, 0.25) is 0 Å². The molecule has 0 aromatic heterocycles. The number of likely N-dealkylation sites (tertiary alicyclic amines) is 2. The average Bonchev–Trinajstić information content (AvgIpc) is 3.36. The maximum absolute atomic E-state index is 13.8. The molecule has 1 atom stereocenters. The van der Waals surface area contributed by atoms with Gasteiger partial charge in [0.2, 0.25) is 11.8 Å². The molecule has 49 heavy (non-hydrogen) atoms. The Kier molecular flexibility index (Phi) is 11.0. The Morgan fingerprint density at radius 3 is 1.98 bits per heavy atom. The van der Waals surface area contributed by atoms with Crippen LogP contribution in [0.1, 0.15) is 58.4 Å². The summed E-state index contributed by atoms with van der Waals surface area (Å²) in [6.45, 7) is 8.08. The summed E-state index contributed by atoms with van der Waals surface area (Å²) in [5, 5.41) is 18.3. The zero-order valence-electron chi connectivity index (χ0n) is 28.7. The number of aliphatic carboxylic acids is 1. The van der Waals surface area contributed by atoms with E-state index in [-0.39, 0.29) is 18.4 Å². The number of amides is 6. The predicted octanol–water partition coefficient (Wildman–Crippen LogP) is 3.17. The van der Waals surface area contributed by atoms with Crippen LogP contribution in [-0.2, 0) is 19.9 Å². The van der Waals surface area contributed by atoms with E-state index in [1.165, 1.54) is 0 Å². The van der Waals surface area contributed by atoms with E-state index < -0.39 is 35.2 Å². The molecule has 1 spiro atoms. The second-order valence-corrected chi connectivity index (χ2v) is 13.7. The highest BCUT2D eigenvalue weighted by Gasteiger charge is 2.54. The van der Waals surface area contributed by atoms with Crippen LogP contribution in [-0.4, -0.2) is 107 Å². The van der Waals surface area contributed by atoms with Crippen molar-refractivity contribution in [2.75, 3.05) is 50.8 Å². The normalized spacial score (nSPS) is 19.1. The van der Waals surface area contributed by atoms with E-state index in [0.717, 1.165) is 11.3 Å². The number of para-hydroxylation sites is 1. The first kappa shape index (κ1) is 35.5. The molecule has 0 bridgehead atoms. The fourth-order valence-corrected chi connectivity index (χ4v) is 7.29. The molecule has 5 rings (SSSR count). The van der Waals surface area contributed by atoms with Gasteiger partial charge >= 0.3 is 18.0 Å². The molecule has 3 aliphatic rings. The smallest absolute Gasteiger partial charge is 0.328 e. The number of carbonyl (C=O) groups is 5. The van der Waals surface area contributed by atoms with Crippen LogP contribution in [0.4, 0.5) is 15.3 Å². The molecular formula is C36H49N7O6. The number of carboxylic acids is 1. The highest BCUT2D eigenvalue weighted by molar-refractivity contribution is 5.94. The van der Waals surface area contributed by atoms with E-state index >= 15 is 0 Å². The van der Waals surface area contributed by atoms with Gasteiger partial charge in [-0.25, -0.2) is 14.4 Å². The Hall–Kier alpha value is -4.81. The van der Waals surface area contributed by atoms with Crippen molar-refractivity contribution in [3.63, 3.8) is 0 Å². The summed E-state index contributed by atoms with van der Waals surface area (Å²) in [4.78, 5) is 72.0. The second kappa shape index (κ2) is 15.2. The first-order valence-corrected chi connectivity index (χ1v) is 17.3. The minimum atomic E-state index is -1.34. The lowest BCUT2D eigenvalue weighted by Gasteiger charge is -2.43. The number of carboxylic acid groups (broad SMARTS) is 1. The Labute approximate surface area is 288 Å². The van der Waals surface area contributed by atoms with E-state index in [4.69, 9.17) is 0 Å². The molecule has 0 radical (unpaired) electrons. The number of hydrogen-bond donors (Lipinski definition) is 4. The molecule has 3 aliphatic heterocycles. The average molecular weight is 676 g/mol. The van der Waals surface area contributed by atoms with Crippen LogP contribution < -0.4 is 20.9 Å². The van der Waals surface area contributed by atoms with Crippen LogP contribution in [0.3, 0.4) is 0 Å². The maximum Gasteiger partial charge on any atom is 0.328 e. The predicted molar refractivity (Wildman–Crippen MR) is 185 cm³/mol. The van der Waals surface area contributed by atoms with E-state index in [1.807, 2.05) is 65.6 Å². The molecular weight excluding hydrogens is 626 g/mol. The zero-order chi connectivity index (χ0) is 35.2. The zero-order valence-corrected chi connectivity index (χ0v) is 28.7. The molecule has 3 saturated heterocycles. The maximum atomic E-state index is 13.8. The van der Waals surface area contributed by atoms with Gasteiger partial charge in [-0.3, -0.25) is 9.59 Å². The summed E-state index contributed by atoms with van der Waals surface area (Å²) < 4.78 is 0. The van der Waals surface area contributed by atoms with Gasteiger partial charge in [0.25, 0.3) is 0 Å². The number of nitrogens with one attached hydrogen (secondary N) is 3. The van der Waals surface area contributed by atoms with Gasteiger partial charge in [0, 0.05) is 44.8 Å². The SMILES string of the molecule is CCC(=O)NC1(c2ccccc2)CCN(C(=O)NC(CNC(=O)N2CCC3(CC2)C(=O)N(CC(C)C)CN3c2ccccc2)C(=O)O)CC1. The van der Waals surface area contributed by atoms with Crippen molar-refractivity contribution in [3.8, 4) is 0 Å². The number of anilines is 1. The van der Waals surface area contributed by atoms with E-state index in [0.29, 0.717) is 77.4 Å². The van der Waals surface area contributed by atoms with Gasteiger partial charge in [-0.2, -0.15) is 0 Å². The third kappa shape index (κ3) is 7.76. The minimum Gasteiger partial charge on any atom is -0.480 e. The lowest BCUT2D eigenvalue weighted by atomic mass is 9.80. The summed E-state index contributed by atoms with van der Waals surface area (Å²) in [5.41, 5.74) is 0.553. The van der Waals surface area contributed by atoms with Crippen LogP contribution in [0.15, 0.2) is 60.7 Å². The van der Waals surface area contributed by atoms with Gasteiger partial charge in [0.15, 0.2) is 0 Å². The number of hydrogen-bond acceptors (Lipinski definition) is 6. The first-order valence-electron chi connectivity index (χ1n) is 17.3. The Bertz CT molecular complexity index is 1490. The van der Waals surface area contributed by atoms with E-state index in [2.05, 4.69) is 34.7 Å². The van der Waals surface area contributed by atoms with Gasteiger partial charge in [-0.1, -0.05) is 69.3 Å². The largest absolute Gasteiger partial charge is 0.480 e.